The maximum absolute atomic E-state index is 2.45. The summed E-state index contributed by atoms with van der Waals surface area (Å²) in [5, 5.41) is 0. The van der Waals surface area contributed by atoms with Crippen molar-refractivity contribution in [1.82, 2.24) is 0 Å². The Kier molecular flexibility index (Phi) is 5.14. The van der Waals surface area contributed by atoms with Crippen molar-refractivity contribution in [2.24, 2.45) is 11.8 Å². The average Bonchev–Trinajstić information content (AvgIpc) is 2.66. The lowest BCUT2D eigenvalue weighted by atomic mass is 9.85. The second-order valence-electron chi connectivity index (χ2n) is 4.93. The molecule has 0 aliphatic heterocycles. The average molecular weight is 206 g/mol. The molecule has 0 fully saturated rings. The van der Waals surface area contributed by atoms with Crippen molar-refractivity contribution in [2.45, 2.75) is 59.8 Å². The summed E-state index contributed by atoms with van der Waals surface area (Å²) >= 11 is 0. The molecule has 0 radical (unpaired) electrons. The first-order valence-electron chi connectivity index (χ1n) is 6.61. The number of hydrogen-bond acceptors (Lipinski definition) is 0. The first-order chi connectivity index (χ1) is 7.20. The molecule has 2 atom stereocenters. The topological polar surface area (TPSA) is 0 Å². The summed E-state index contributed by atoms with van der Waals surface area (Å²) in [5.41, 5.74) is 3.30. The van der Waals surface area contributed by atoms with Gasteiger partial charge < -0.3 is 0 Å². The molecule has 86 valence electrons. The molecule has 0 spiro atoms. The van der Waals surface area contributed by atoms with E-state index in [9.17, 15) is 0 Å². The van der Waals surface area contributed by atoms with Gasteiger partial charge in [-0.25, -0.2) is 0 Å². The van der Waals surface area contributed by atoms with Crippen molar-refractivity contribution in [1.29, 1.82) is 0 Å². The molecule has 0 amide bonds. The van der Waals surface area contributed by atoms with Crippen molar-refractivity contribution in [3.63, 3.8) is 0 Å². The molecule has 0 bridgehead atoms. The maximum Gasteiger partial charge on any atom is -0.0157 e. The van der Waals surface area contributed by atoms with Crippen molar-refractivity contribution in [3.8, 4) is 0 Å². The zero-order valence-corrected chi connectivity index (χ0v) is 10.8. The summed E-state index contributed by atoms with van der Waals surface area (Å²) in [6.07, 6.45) is 11.3. The van der Waals surface area contributed by atoms with Crippen LogP contribution in [0.3, 0.4) is 0 Å². The molecule has 0 N–H and O–H groups in total. The van der Waals surface area contributed by atoms with E-state index >= 15 is 0 Å². The normalized spacial score (nSPS) is 19.7. The zero-order chi connectivity index (χ0) is 11.3. The second-order valence-corrected chi connectivity index (χ2v) is 4.93. The molecule has 0 saturated heterocycles. The molecule has 15 heavy (non-hydrogen) atoms. The van der Waals surface area contributed by atoms with Gasteiger partial charge >= 0.3 is 0 Å². The van der Waals surface area contributed by atoms with Crippen molar-refractivity contribution in [2.75, 3.05) is 0 Å². The standard InChI is InChI=1S/C15H26/c1-5-8-12(3)14-10-7-11-15(14)13(4)9-6-2/h10-13H,5-9H2,1-4H3. The predicted molar refractivity (Wildman–Crippen MR) is 68.9 cm³/mol. The van der Waals surface area contributed by atoms with Crippen molar-refractivity contribution < 1.29 is 0 Å². The van der Waals surface area contributed by atoms with Gasteiger partial charge in [0.1, 0.15) is 0 Å². The molecule has 1 aliphatic carbocycles. The van der Waals surface area contributed by atoms with Crippen molar-refractivity contribution >= 4 is 0 Å². The molecule has 0 heteroatoms. The van der Waals surface area contributed by atoms with Crippen LogP contribution < -0.4 is 0 Å². The highest BCUT2D eigenvalue weighted by atomic mass is 14.2. The van der Waals surface area contributed by atoms with Crippen LogP contribution in [0, 0.1) is 11.8 Å². The Morgan fingerprint density at radius 1 is 0.933 bits per heavy atom. The Labute approximate surface area is 95.5 Å². The molecule has 0 nitrogen and oxygen atoms in total. The molecule has 0 aromatic carbocycles. The van der Waals surface area contributed by atoms with E-state index in [4.69, 9.17) is 0 Å². The number of hydrogen-bond donors (Lipinski definition) is 0. The predicted octanol–water partition coefficient (Wildman–Crippen LogP) is 5.12. The third-order valence-corrected chi connectivity index (χ3v) is 3.51. The molecule has 0 aromatic heterocycles. The van der Waals surface area contributed by atoms with Crippen LogP contribution in [0.25, 0.3) is 0 Å². The fourth-order valence-corrected chi connectivity index (χ4v) is 2.70. The van der Waals surface area contributed by atoms with Gasteiger partial charge in [0.15, 0.2) is 0 Å². The molecule has 0 heterocycles. The van der Waals surface area contributed by atoms with Crippen LogP contribution in [0.5, 0.6) is 0 Å². The van der Waals surface area contributed by atoms with Crippen LogP contribution in [-0.2, 0) is 0 Å². The minimum atomic E-state index is 0.767. The molecular formula is C15H26. The lowest BCUT2D eigenvalue weighted by molar-refractivity contribution is 0.558. The SMILES string of the molecule is CCCC(C)C1=CCC=C1C(C)CCC. The lowest BCUT2D eigenvalue weighted by Gasteiger charge is -2.20. The van der Waals surface area contributed by atoms with E-state index in [2.05, 4.69) is 39.8 Å². The summed E-state index contributed by atoms with van der Waals surface area (Å²) in [6, 6.07) is 0. The largest absolute Gasteiger partial charge is 0.0770 e. The highest BCUT2D eigenvalue weighted by Crippen LogP contribution is 2.35. The van der Waals surface area contributed by atoms with Crippen molar-refractivity contribution in [3.05, 3.63) is 23.3 Å². The van der Waals surface area contributed by atoms with Gasteiger partial charge in [0, 0.05) is 0 Å². The lowest BCUT2D eigenvalue weighted by Crippen LogP contribution is -2.06. The van der Waals surface area contributed by atoms with Gasteiger partial charge in [0.25, 0.3) is 0 Å². The van der Waals surface area contributed by atoms with E-state index in [-0.39, 0.29) is 0 Å². The van der Waals surface area contributed by atoms with E-state index in [0.29, 0.717) is 0 Å². The number of allylic oxidation sites excluding steroid dienone is 4. The molecule has 1 rings (SSSR count). The highest BCUT2D eigenvalue weighted by molar-refractivity contribution is 5.39. The molecular weight excluding hydrogens is 180 g/mol. The minimum Gasteiger partial charge on any atom is -0.0770 e. The van der Waals surface area contributed by atoms with Gasteiger partial charge in [-0.05, 0) is 42.2 Å². The van der Waals surface area contributed by atoms with Crippen LogP contribution in [0.1, 0.15) is 59.8 Å². The minimum absolute atomic E-state index is 0.767. The monoisotopic (exact) mass is 206 g/mol. The summed E-state index contributed by atoms with van der Waals surface area (Å²) in [7, 11) is 0. The fraction of sp³-hybridized carbons (Fsp3) is 0.733. The first kappa shape index (κ1) is 12.5. The fourth-order valence-electron chi connectivity index (χ4n) is 2.70. The molecule has 2 unspecified atom stereocenters. The van der Waals surface area contributed by atoms with E-state index in [1.807, 2.05) is 0 Å². The van der Waals surface area contributed by atoms with Gasteiger partial charge in [0.05, 0.1) is 0 Å². The Bertz CT molecular complexity index is 219. The Morgan fingerprint density at radius 3 is 1.67 bits per heavy atom. The highest BCUT2D eigenvalue weighted by Gasteiger charge is 2.19. The summed E-state index contributed by atoms with van der Waals surface area (Å²) in [5.74, 6) is 1.53. The van der Waals surface area contributed by atoms with Gasteiger partial charge in [0.2, 0.25) is 0 Å². The van der Waals surface area contributed by atoms with Gasteiger partial charge in [-0.3, -0.25) is 0 Å². The first-order valence-corrected chi connectivity index (χ1v) is 6.61. The van der Waals surface area contributed by atoms with Crippen LogP contribution >= 0.6 is 0 Å². The summed E-state index contributed by atoms with van der Waals surface area (Å²) in [6.45, 7) is 9.33. The van der Waals surface area contributed by atoms with Crippen LogP contribution in [0.15, 0.2) is 23.3 Å². The molecule has 0 aromatic rings. The van der Waals surface area contributed by atoms with Gasteiger partial charge in [-0.2, -0.15) is 0 Å². The second kappa shape index (κ2) is 6.15. The van der Waals surface area contributed by atoms with E-state index < -0.39 is 0 Å². The Balaban J connectivity index is 2.62. The van der Waals surface area contributed by atoms with Gasteiger partial charge in [-0.15, -0.1) is 0 Å². The van der Waals surface area contributed by atoms with E-state index in [1.54, 1.807) is 11.1 Å². The third kappa shape index (κ3) is 3.22. The van der Waals surface area contributed by atoms with Gasteiger partial charge in [-0.1, -0.05) is 52.7 Å². The summed E-state index contributed by atoms with van der Waals surface area (Å²) in [4.78, 5) is 0. The summed E-state index contributed by atoms with van der Waals surface area (Å²) < 4.78 is 0. The van der Waals surface area contributed by atoms with Crippen LogP contribution in [0.2, 0.25) is 0 Å². The Morgan fingerprint density at radius 2 is 1.33 bits per heavy atom. The van der Waals surface area contributed by atoms with Crippen LogP contribution in [-0.4, -0.2) is 0 Å². The molecule has 0 saturated carbocycles. The quantitative estimate of drug-likeness (QED) is 0.566. The van der Waals surface area contributed by atoms with E-state index in [1.165, 1.54) is 32.1 Å². The third-order valence-electron chi connectivity index (χ3n) is 3.51. The maximum atomic E-state index is 2.45. The van der Waals surface area contributed by atoms with E-state index in [0.717, 1.165) is 11.8 Å². The number of rotatable bonds is 6. The molecule has 1 aliphatic rings. The zero-order valence-electron chi connectivity index (χ0n) is 10.8. The Hall–Kier alpha value is -0.520. The smallest absolute Gasteiger partial charge is 0.0157 e. The van der Waals surface area contributed by atoms with Crippen LogP contribution in [0.4, 0.5) is 0 Å².